The van der Waals surface area contributed by atoms with E-state index < -0.39 is 0 Å². The lowest BCUT2D eigenvalue weighted by atomic mass is 9.97. The maximum absolute atomic E-state index is 5.53. The Morgan fingerprint density at radius 1 is 1.47 bits per heavy atom. The summed E-state index contributed by atoms with van der Waals surface area (Å²) in [6, 6.07) is 1.45. The van der Waals surface area contributed by atoms with Crippen molar-refractivity contribution in [3.63, 3.8) is 0 Å². The van der Waals surface area contributed by atoms with Gasteiger partial charge in [-0.3, -0.25) is 4.90 Å². The standard InChI is InChI=1S/C13H24N2/c1-6-11(5)15-9-13(10(3)4)14-8-12(15)7-2/h1,10-14H,7-9H2,2-5H3. The van der Waals surface area contributed by atoms with Crippen molar-refractivity contribution >= 4 is 0 Å². The van der Waals surface area contributed by atoms with Crippen LogP contribution in [0.4, 0.5) is 0 Å². The Balaban J connectivity index is 2.66. The number of terminal acetylenes is 1. The monoisotopic (exact) mass is 208 g/mol. The first-order chi connectivity index (χ1) is 7.10. The molecule has 0 aliphatic carbocycles. The zero-order chi connectivity index (χ0) is 11.4. The van der Waals surface area contributed by atoms with Gasteiger partial charge in [0.15, 0.2) is 0 Å². The molecule has 0 spiro atoms. The normalized spacial score (nSPS) is 30.1. The topological polar surface area (TPSA) is 15.3 Å². The summed E-state index contributed by atoms with van der Waals surface area (Å²) in [7, 11) is 0. The molecule has 1 aliphatic heterocycles. The van der Waals surface area contributed by atoms with Gasteiger partial charge in [-0.05, 0) is 19.3 Å². The van der Waals surface area contributed by atoms with Crippen LogP contribution in [0.1, 0.15) is 34.1 Å². The first-order valence-corrected chi connectivity index (χ1v) is 6.05. The Morgan fingerprint density at radius 2 is 2.13 bits per heavy atom. The summed E-state index contributed by atoms with van der Waals surface area (Å²) in [5.41, 5.74) is 0. The summed E-state index contributed by atoms with van der Waals surface area (Å²) in [6.07, 6.45) is 6.70. The molecular weight excluding hydrogens is 184 g/mol. The molecule has 2 heteroatoms. The molecule has 0 bridgehead atoms. The van der Waals surface area contributed by atoms with E-state index in [0.717, 1.165) is 13.1 Å². The summed E-state index contributed by atoms with van der Waals surface area (Å²) in [5, 5.41) is 3.62. The lowest BCUT2D eigenvalue weighted by molar-refractivity contribution is 0.0945. The van der Waals surface area contributed by atoms with Crippen molar-refractivity contribution in [3.05, 3.63) is 0 Å². The van der Waals surface area contributed by atoms with Crippen molar-refractivity contribution in [3.8, 4) is 12.3 Å². The van der Waals surface area contributed by atoms with Gasteiger partial charge in [0, 0.05) is 25.2 Å². The van der Waals surface area contributed by atoms with Crippen LogP contribution < -0.4 is 5.32 Å². The molecule has 1 saturated heterocycles. The smallest absolute Gasteiger partial charge is 0.0686 e. The Morgan fingerprint density at radius 3 is 2.60 bits per heavy atom. The van der Waals surface area contributed by atoms with Gasteiger partial charge in [-0.25, -0.2) is 0 Å². The lowest BCUT2D eigenvalue weighted by Gasteiger charge is -2.43. The predicted octanol–water partition coefficient (Wildman–Crippen LogP) is 1.72. The van der Waals surface area contributed by atoms with Gasteiger partial charge in [0.25, 0.3) is 0 Å². The molecule has 1 heterocycles. The highest BCUT2D eigenvalue weighted by atomic mass is 15.2. The second-order valence-electron chi connectivity index (χ2n) is 4.86. The molecule has 1 aliphatic rings. The molecule has 86 valence electrons. The van der Waals surface area contributed by atoms with Crippen LogP contribution in [0.25, 0.3) is 0 Å². The first kappa shape index (κ1) is 12.5. The zero-order valence-electron chi connectivity index (χ0n) is 10.5. The van der Waals surface area contributed by atoms with Gasteiger partial charge in [0.1, 0.15) is 0 Å². The fourth-order valence-corrected chi connectivity index (χ4v) is 2.24. The quantitative estimate of drug-likeness (QED) is 0.710. The summed E-state index contributed by atoms with van der Waals surface area (Å²) >= 11 is 0. The van der Waals surface area contributed by atoms with Crippen molar-refractivity contribution in [2.24, 2.45) is 5.92 Å². The van der Waals surface area contributed by atoms with Crippen LogP contribution in [0.15, 0.2) is 0 Å². The molecule has 3 unspecified atom stereocenters. The molecule has 15 heavy (non-hydrogen) atoms. The van der Waals surface area contributed by atoms with Crippen molar-refractivity contribution in [1.29, 1.82) is 0 Å². The van der Waals surface area contributed by atoms with Gasteiger partial charge >= 0.3 is 0 Å². The second-order valence-corrected chi connectivity index (χ2v) is 4.86. The predicted molar refractivity (Wildman–Crippen MR) is 65.7 cm³/mol. The summed E-state index contributed by atoms with van der Waals surface area (Å²) < 4.78 is 0. The maximum Gasteiger partial charge on any atom is 0.0686 e. The third-order valence-electron chi connectivity index (χ3n) is 3.51. The number of rotatable bonds is 3. The number of hydrogen-bond acceptors (Lipinski definition) is 2. The van der Waals surface area contributed by atoms with Crippen LogP contribution in [0.2, 0.25) is 0 Å². The Labute approximate surface area is 94.4 Å². The van der Waals surface area contributed by atoms with Gasteiger partial charge in [-0.15, -0.1) is 6.42 Å². The van der Waals surface area contributed by atoms with E-state index in [0.29, 0.717) is 18.0 Å². The molecule has 0 amide bonds. The molecule has 0 aromatic rings. The molecule has 0 aromatic heterocycles. The molecule has 0 aromatic carbocycles. The average molecular weight is 208 g/mol. The largest absolute Gasteiger partial charge is 0.311 e. The zero-order valence-corrected chi connectivity index (χ0v) is 10.5. The first-order valence-electron chi connectivity index (χ1n) is 6.05. The van der Waals surface area contributed by atoms with E-state index in [1.54, 1.807) is 0 Å². The van der Waals surface area contributed by atoms with Crippen molar-refractivity contribution in [2.45, 2.75) is 52.2 Å². The Kier molecular flexibility index (Phi) is 4.63. The maximum atomic E-state index is 5.53. The third-order valence-corrected chi connectivity index (χ3v) is 3.51. The summed E-state index contributed by atoms with van der Waals surface area (Å²) in [4.78, 5) is 2.47. The van der Waals surface area contributed by atoms with Crippen LogP contribution in [0.5, 0.6) is 0 Å². The fraction of sp³-hybridized carbons (Fsp3) is 0.846. The Hall–Kier alpha value is -0.520. The average Bonchev–Trinajstić information content (AvgIpc) is 2.27. The molecule has 2 nitrogen and oxygen atoms in total. The van der Waals surface area contributed by atoms with Crippen LogP contribution in [0, 0.1) is 18.3 Å². The third kappa shape index (κ3) is 2.96. The molecule has 1 fully saturated rings. The van der Waals surface area contributed by atoms with Crippen molar-refractivity contribution in [2.75, 3.05) is 13.1 Å². The van der Waals surface area contributed by atoms with Crippen molar-refractivity contribution in [1.82, 2.24) is 10.2 Å². The van der Waals surface area contributed by atoms with Crippen LogP contribution in [0.3, 0.4) is 0 Å². The molecule has 1 N–H and O–H groups in total. The number of hydrogen-bond donors (Lipinski definition) is 1. The van der Waals surface area contributed by atoms with Gasteiger partial charge in [0.05, 0.1) is 6.04 Å². The number of nitrogens with one attached hydrogen (secondary N) is 1. The van der Waals surface area contributed by atoms with Gasteiger partial charge in [-0.2, -0.15) is 0 Å². The number of nitrogens with zero attached hydrogens (tertiary/aromatic N) is 1. The van der Waals surface area contributed by atoms with Crippen LogP contribution in [-0.2, 0) is 0 Å². The molecular formula is C13H24N2. The molecule has 0 saturated carbocycles. The van der Waals surface area contributed by atoms with E-state index >= 15 is 0 Å². The van der Waals surface area contributed by atoms with Crippen LogP contribution in [-0.4, -0.2) is 36.1 Å². The molecule has 3 atom stereocenters. The summed E-state index contributed by atoms with van der Waals surface area (Å²) in [5.74, 6) is 3.53. The van der Waals surface area contributed by atoms with E-state index in [9.17, 15) is 0 Å². The highest BCUT2D eigenvalue weighted by Gasteiger charge is 2.30. The highest BCUT2D eigenvalue weighted by Crippen LogP contribution is 2.17. The highest BCUT2D eigenvalue weighted by molar-refractivity contribution is 5.01. The molecule has 1 rings (SSSR count). The Bertz CT molecular complexity index is 229. The fourth-order valence-electron chi connectivity index (χ4n) is 2.24. The van der Waals surface area contributed by atoms with Gasteiger partial charge in [0.2, 0.25) is 0 Å². The van der Waals surface area contributed by atoms with E-state index in [-0.39, 0.29) is 6.04 Å². The minimum atomic E-state index is 0.262. The summed E-state index contributed by atoms with van der Waals surface area (Å²) in [6.45, 7) is 11.1. The van der Waals surface area contributed by atoms with E-state index in [1.165, 1.54) is 6.42 Å². The lowest BCUT2D eigenvalue weighted by Crippen LogP contribution is -2.59. The van der Waals surface area contributed by atoms with Crippen LogP contribution >= 0.6 is 0 Å². The minimum absolute atomic E-state index is 0.262. The van der Waals surface area contributed by atoms with E-state index in [4.69, 9.17) is 6.42 Å². The van der Waals surface area contributed by atoms with Crippen molar-refractivity contribution < 1.29 is 0 Å². The molecule has 0 radical (unpaired) electrons. The SMILES string of the molecule is C#CC(C)N1CC(C(C)C)NCC1CC. The number of piperazine rings is 1. The second kappa shape index (κ2) is 5.53. The van der Waals surface area contributed by atoms with E-state index in [2.05, 4.69) is 43.8 Å². The van der Waals surface area contributed by atoms with E-state index in [1.807, 2.05) is 0 Å². The minimum Gasteiger partial charge on any atom is -0.311 e. The van der Waals surface area contributed by atoms with Gasteiger partial charge < -0.3 is 5.32 Å². The van der Waals surface area contributed by atoms with Gasteiger partial charge in [-0.1, -0.05) is 26.7 Å².